The van der Waals surface area contributed by atoms with Gasteiger partial charge in [-0.15, -0.1) is 0 Å². The second-order valence-corrected chi connectivity index (χ2v) is 7.53. The third kappa shape index (κ3) is 5.98. The van der Waals surface area contributed by atoms with Crippen LogP contribution in [0.25, 0.3) is 0 Å². The van der Waals surface area contributed by atoms with E-state index in [2.05, 4.69) is 10.6 Å². The smallest absolute Gasteiger partial charge is 0.322 e. The van der Waals surface area contributed by atoms with Gasteiger partial charge in [-0.2, -0.15) is 0 Å². The highest BCUT2D eigenvalue weighted by Crippen LogP contribution is 2.25. The number of amides is 3. The van der Waals surface area contributed by atoms with Crippen molar-refractivity contribution in [1.82, 2.24) is 15.5 Å². The maximum Gasteiger partial charge on any atom is 0.322 e. The van der Waals surface area contributed by atoms with E-state index in [1.54, 1.807) is 13.8 Å². The molecule has 0 saturated carbocycles. The van der Waals surface area contributed by atoms with Crippen molar-refractivity contribution >= 4 is 23.7 Å². The Balaban J connectivity index is 2.02. The van der Waals surface area contributed by atoms with Crippen LogP contribution in [0.3, 0.4) is 0 Å². The number of carboxylic acid groups (broad SMARTS) is 1. The fourth-order valence-corrected chi connectivity index (χ4v) is 3.33. The Morgan fingerprint density at radius 3 is 2.60 bits per heavy atom. The molecule has 2 atom stereocenters. The van der Waals surface area contributed by atoms with Crippen molar-refractivity contribution in [2.45, 2.75) is 51.7 Å². The normalized spacial score (nSPS) is 17.2. The summed E-state index contributed by atoms with van der Waals surface area (Å²) < 4.78 is 27.4. The van der Waals surface area contributed by atoms with Gasteiger partial charge in [0.1, 0.15) is 12.6 Å². The molecule has 0 unspecified atom stereocenters. The molecule has 0 spiro atoms. The number of hydrogen-bond donors (Lipinski definition) is 3. The van der Waals surface area contributed by atoms with Crippen molar-refractivity contribution in [3.8, 4) is 0 Å². The molecule has 2 rings (SSSR count). The van der Waals surface area contributed by atoms with Gasteiger partial charge in [-0.25, -0.2) is 8.78 Å². The summed E-state index contributed by atoms with van der Waals surface area (Å²) in [6.45, 7) is 2.67. The summed E-state index contributed by atoms with van der Waals surface area (Å²) in [4.78, 5) is 48.8. The summed E-state index contributed by atoms with van der Waals surface area (Å²) >= 11 is 0. The lowest BCUT2D eigenvalue weighted by molar-refractivity contribution is -0.138. The Hall–Kier alpha value is -3.04. The van der Waals surface area contributed by atoms with Gasteiger partial charge in [0.15, 0.2) is 11.6 Å². The minimum atomic E-state index is -1.21. The van der Waals surface area contributed by atoms with Crippen molar-refractivity contribution in [2.24, 2.45) is 5.92 Å². The molecular formula is C20H25F2N3O5. The van der Waals surface area contributed by atoms with E-state index < -0.39 is 48.0 Å². The second kappa shape index (κ2) is 10.1. The Morgan fingerprint density at radius 1 is 1.27 bits per heavy atom. The van der Waals surface area contributed by atoms with E-state index >= 15 is 0 Å². The highest BCUT2D eigenvalue weighted by molar-refractivity contribution is 5.90. The minimum Gasteiger partial charge on any atom is -0.480 e. The molecule has 1 aliphatic heterocycles. The van der Waals surface area contributed by atoms with Crippen LogP contribution in [0.15, 0.2) is 18.2 Å². The summed E-state index contributed by atoms with van der Waals surface area (Å²) in [6, 6.07) is 2.25. The molecule has 1 aromatic rings. The number of carbonyl (C=O) groups is 4. The van der Waals surface area contributed by atoms with Gasteiger partial charge in [0.25, 0.3) is 0 Å². The Labute approximate surface area is 172 Å². The zero-order chi connectivity index (χ0) is 22.4. The van der Waals surface area contributed by atoms with Crippen LogP contribution in [0.5, 0.6) is 0 Å². The number of rotatable bonds is 9. The van der Waals surface area contributed by atoms with Crippen molar-refractivity contribution in [2.75, 3.05) is 6.54 Å². The molecule has 0 aliphatic carbocycles. The zero-order valence-electron chi connectivity index (χ0n) is 16.8. The Bertz CT molecular complexity index is 831. The molecule has 1 saturated heterocycles. The maximum atomic E-state index is 14.0. The van der Waals surface area contributed by atoms with Crippen molar-refractivity contribution in [3.63, 3.8) is 0 Å². The molecule has 30 heavy (non-hydrogen) atoms. The molecule has 8 nitrogen and oxygen atoms in total. The van der Waals surface area contributed by atoms with E-state index in [1.165, 1.54) is 17.0 Å². The minimum absolute atomic E-state index is 0.0174. The molecule has 3 N–H and O–H groups in total. The first-order valence-electron chi connectivity index (χ1n) is 9.61. The Morgan fingerprint density at radius 2 is 1.97 bits per heavy atom. The van der Waals surface area contributed by atoms with Crippen LogP contribution in [-0.4, -0.2) is 52.3 Å². The van der Waals surface area contributed by atoms with Crippen LogP contribution in [0.2, 0.25) is 0 Å². The molecule has 3 amide bonds. The quantitative estimate of drug-likeness (QED) is 0.550. The monoisotopic (exact) mass is 425 g/mol. The predicted molar refractivity (Wildman–Crippen MR) is 102 cm³/mol. The fourth-order valence-electron chi connectivity index (χ4n) is 3.33. The molecule has 1 fully saturated rings. The first kappa shape index (κ1) is 23.2. The number of likely N-dealkylation sites (tertiary alicyclic amines) is 1. The van der Waals surface area contributed by atoms with Crippen LogP contribution in [0.4, 0.5) is 8.78 Å². The summed E-state index contributed by atoms with van der Waals surface area (Å²) in [6.07, 6.45) is 0.445. The second-order valence-electron chi connectivity index (χ2n) is 7.53. The third-order valence-corrected chi connectivity index (χ3v) is 4.93. The summed E-state index contributed by atoms with van der Waals surface area (Å²) in [5.41, 5.74) is 0.0174. The first-order valence-corrected chi connectivity index (χ1v) is 9.61. The van der Waals surface area contributed by atoms with Crippen LogP contribution in [-0.2, 0) is 25.7 Å². The zero-order valence-corrected chi connectivity index (χ0v) is 16.8. The SMILES string of the molecule is CC(C)[C@H](NC(=O)C[C@@H]1CCC(=O)N1Cc1cccc(F)c1F)C(=O)NCC(=O)O. The molecule has 10 heteroatoms. The number of hydrogen-bond acceptors (Lipinski definition) is 4. The number of benzene rings is 1. The average molecular weight is 425 g/mol. The van der Waals surface area contributed by atoms with Crippen molar-refractivity contribution < 1.29 is 33.1 Å². The summed E-state index contributed by atoms with van der Waals surface area (Å²) in [5, 5.41) is 13.5. The lowest BCUT2D eigenvalue weighted by Crippen LogP contribution is -2.51. The number of carbonyl (C=O) groups excluding carboxylic acids is 3. The lowest BCUT2D eigenvalue weighted by atomic mass is 10.0. The maximum absolute atomic E-state index is 14.0. The van der Waals surface area contributed by atoms with Gasteiger partial charge in [0, 0.05) is 31.0 Å². The molecule has 164 valence electrons. The highest BCUT2D eigenvalue weighted by atomic mass is 19.2. The molecule has 0 bridgehead atoms. The summed E-state index contributed by atoms with van der Waals surface area (Å²) in [5.74, 6) is -4.94. The van der Waals surface area contributed by atoms with Crippen molar-refractivity contribution in [1.29, 1.82) is 0 Å². The molecule has 1 heterocycles. The van der Waals surface area contributed by atoms with Gasteiger partial charge in [-0.3, -0.25) is 19.2 Å². The third-order valence-electron chi connectivity index (χ3n) is 4.93. The molecule has 1 aliphatic rings. The standard InChI is InChI=1S/C20H25F2N3O5/c1-11(2)19(20(30)23-9-17(28)29)24-15(26)8-13-6-7-16(27)25(13)10-12-4-3-5-14(21)18(12)22/h3-5,11,13,19H,6-10H2,1-2H3,(H,23,30)(H,24,26)(H,28,29)/t13-,19-/m0/s1. The Kier molecular flexibility index (Phi) is 7.85. The number of halogens is 2. The number of carboxylic acids is 1. The number of nitrogens with one attached hydrogen (secondary N) is 2. The van der Waals surface area contributed by atoms with Gasteiger partial charge in [0.2, 0.25) is 17.7 Å². The fraction of sp³-hybridized carbons (Fsp3) is 0.500. The van der Waals surface area contributed by atoms with Crippen LogP contribution < -0.4 is 10.6 Å². The number of aliphatic carboxylic acids is 1. The van der Waals surface area contributed by atoms with Gasteiger partial charge in [0.05, 0.1) is 0 Å². The van der Waals surface area contributed by atoms with Gasteiger partial charge in [-0.1, -0.05) is 26.0 Å². The number of nitrogens with zero attached hydrogens (tertiary/aromatic N) is 1. The van der Waals surface area contributed by atoms with Crippen molar-refractivity contribution in [3.05, 3.63) is 35.4 Å². The first-order chi connectivity index (χ1) is 14.1. The van der Waals surface area contributed by atoms with Gasteiger partial charge >= 0.3 is 5.97 Å². The van der Waals surface area contributed by atoms with E-state index in [0.29, 0.717) is 6.42 Å². The van der Waals surface area contributed by atoms with E-state index in [4.69, 9.17) is 5.11 Å². The van der Waals surface area contributed by atoms with Gasteiger partial charge < -0.3 is 20.6 Å². The predicted octanol–water partition coefficient (Wildman–Crippen LogP) is 1.19. The van der Waals surface area contributed by atoms with E-state index in [1.807, 2.05) is 0 Å². The highest BCUT2D eigenvalue weighted by Gasteiger charge is 2.34. The topological polar surface area (TPSA) is 116 Å². The molecule has 0 radical (unpaired) electrons. The van der Waals surface area contributed by atoms with Gasteiger partial charge in [-0.05, 0) is 18.4 Å². The lowest BCUT2D eigenvalue weighted by Gasteiger charge is -2.26. The molecule has 0 aromatic heterocycles. The van der Waals surface area contributed by atoms with Crippen LogP contribution in [0, 0.1) is 17.6 Å². The molecular weight excluding hydrogens is 400 g/mol. The van der Waals surface area contributed by atoms with E-state index in [9.17, 15) is 28.0 Å². The average Bonchev–Trinajstić information content (AvgIpc) is 3.00. The van der Waals surface area contributed by atoms with E-state index in [-0.39, 0.29) is 36.8 Å². The van der Waals surface area contributed by atoms with E-state index in [0.717, 1.165) is 6.07 Å². The van der Waals surface area contributed by atoms with Crippen LogP contribution in [0.1, 0.15) is 38.7 Å². The molecule has 1 aromatic carbocycles. The van der Waals surface area contributed by atoms with Crippen LogP contribution >= 0.6 is 0 Å². The summed E-state index contributed by atoms with van der Waals surface area (Å²) in [7, 11) is 0. The largest absolute Gasteiger partial charge is 0.480 e.